The molecule has 0 aliphatic heterocycles. The molecule has 498 valence electrons. The minimum absolute atomic E-state index is 0.000946. The molecule has 86 heavy (non-hydrogen) atoms. The highest BCUT2D eigenvalue weighted by atomic mass is 16.6. The van der Waals surface area contributed by atoms with E-state index in [1.54, 1.807) is 0 Å². The van der Waals surface area contributed by atoms with Crippen molar-refractivity contribution in [1.82, 2.24) is 0 Å². The third-order valence-electron chi connectivity index (χ3n) is 21.9. The van der Waals surface area contributed by atoms with Gasteiger partial charge in [-0.1, -0.05) is 234 Å². The Hall–Kier alpha value is -2.98. The highest BCUT2D eigenvalue weighted by Gasteiger charge is 2.61. The van der Waals surface area contributed by atoms with Crippen LogP contribution >= 0.6 is 0 Å². The quantitative estimate of drug-likeness (QED) is 0.0325. The molecule has 0 aromatic heterocycles. The fraction of sp³-hybridized carbons (Fsp3) is 0.920. The van der Waals surface area contributed by atoms with Crippen molar-refractivity contribution >= 4 is 35.6 Å². The van der Waals surface area contributed by atoms with Gasteiger partial charge in [-0.2, -0.15) is 0 Å². The molecular formula is C75H132O11. The molecule has 4 rings (SSSR count). The van der Waals surface area contributed by atoms with Crippen LogP contribution in [-0.2, 0) is 52.5 Å². The largest absolute Gasteiger partial charge is 0.465 e. The number of esters is 5. The summed E-state index contributed by atoms with van der Waals surface area (Å²) >= 11 is 0. The fourth-order valence-corrected chi connectivity index (χ4v) is 16.3. The summed E-state index contributed by atoms with van der Waals surface area (Å²) in [6.07, 6.45) is 51.2. The van der Waals surface area contributed by atoms with Crippen LogP contribution in [0, 0.1) is 52.3 Å². The standard InChI is InChI=1S/C75H132O11/c1-8-10-12-14-16-18-20-22-24-26-28-34-38-44-69(77)83-57-64(58-84-70(78)45-39-35-29-27-25-23-21-19-17-15-13-11-9-2)86-73(81)60(4)43-37-33-31-30-32-36-42-59(3)72(80)82-55-41-40-46-71(79)85-63-51-53-74(6)62(56-63)47-48-65-67-50-49-66(61(5)76)75(67,7)54-52-68(65)74/h59-60,62-68H,8-58H2,1-7H3/t59?,60?,62-,63+,65-,66+,67-,68-,74-,75+/m0/s1. The molecule has 0 N–H and O–H groups in total. The van der Waals surface area contributed by atoms with E-state index in [4.69, 9.17) is 23.7 Å². The van der Waals surface area contributed by atoms with Crippen molar-refractivity contribution in [2.75, 3.05) is 19.8 Å². The van der Waals surface area contributed by atoms with E-state index in [0.717, 1.165) is 121 Å². The lowest BCUT2D eigenvalue weighted by Gasteiger charge is -2.61. The van der Waals surface area contributed by atoms with Crippen LogP contribution < -0.4 is 0 Å². The Morgan fingerprint density at radius 1 is 0.430 bits per heavy atom. The van der Waals surface area contributed by atoms with Gasteiger partial charge in [0.15, 0.2) is 6.10 Å². The second-order valence-electron chi connectivity index (χ2n) is 28.9. The Morgan fingerprint density at radius 2 is 0.849 bits per heavy atom. The molecule has 0 aromatic rings. The van der Waals surface area contributed by atoms with Gasteiger partial charge in [-0.25, -0.2) is 0 Å². The molecule has 11 nitrogen and oxygen atoms in total. The number of ether oxygens (including phenoxy) is 5. The van der Waals surface area contributed by atoms with Crippen molar-refractivity contribution in [3.8, 4) is 0 Å². The summed E-state index contributed by atoms with van der Waals surface area (Å²) in [5.74, 6) is 1.59. The lowest BCUT2D eigenvalue weighted by molar-refractivity contribution is -0.169. The molecule has 10 atom stereocenters. The van der Waals surface area contributed by atoms with Crippen LogP contribution in [0.2, 0.25) is 0 Å². The molecule has 0 saturated heterocycles. The van der Waals surface area contributed by atoms with Crippen LogP contribution in [-0.4, -0.2) is 67.7 Å². The van der Waals surface area contributed by atoms with Gasteiger partial charge < -0.3 is 23.7 Å². The molecule has 0 spiro atoms. The zero-order valence-corrected chi connectivity index (χ0v) is 56.7. The van der Waals surface area contributed by atoms with Crippen LogP contribution in [0.25, 0.3) is 0 Å². The topological polar surface area (TPSA) is 149 Å². The smallest absolute Gasteiger partial charge is 0.309 e. The van der Waals surface area contributed by atoms with Gasteiger partial charge in [0.1, 0.15) is 25.1 Å². The molecule has 2 unspecified atom stereocenters. The third-order valence-corrected chi connectivity index (χ3v) is 21.9. The summed E-state index contributed by atoms with van der Waals surface area (Å²) in [5.41, 5.74) is 0.483. The second-order valence-corrected chi connectivity index (χ2v) is 28.9. The Kier molecular flexibility index (Phi) is 39.0. The lowest BCUT2D eigenvalue weighted by atomic mass is 9.44. The first-order valence-corrected chi connectivity index (χ1v) is 37.0. The van der Waals surface area contributed by atoms with Crippen molar-refractivity contribution in [2.45, 2.75) is 369 Å². The van der Waals surface area contributed by atoms with E-state index >= 15 is 0 Å². The summed E-state index contributed by atoms with van der Waals surface area (Å²) in [4.78, 5) is 77.3. The molecule has 11 heteroatoms. The number of rotatable bonds is 51. The van der Waals surface area contributed by atoms with Crippen molar-refractivity contribution in [3.63, 3.8) is 0 Å². The van der Waals surface area contributed by atoms with E-state index in [1.165, 1.54) is 161 Å². The molecule has 0 aromatic carbocycles. The monoisotopic (exact) mass is 1210 g/mol. The summed E-state index contributed by atoms with van der Waals surface area (Å²) < 4.78 is 28.8. The number of unbranched alkanes of at least 4 members (excludes halogenated alkanes) is 30. The summed E-state index contributed by atoms with van der Waals surface area (Å²) in [6.45, 7) is 15.2. The SMILES string of the molecule is CCCCCCCCCCCCCCCC(=O)OCC(COC(=O)CCCCCCCCCCCCCCC)OC(=O)C(C)CCCCCCCCC(C)C(=O)OCCCCC(=O)O[C@@H]1CC[C@@]2(C)[C@@H](CC[C@@H]3[C@@H]2CC[C@]2(C)[C@@H](C(C)=O)CC[C@@H]32)C1. The predicted molar refractivity (Wildman–Crippen MR) is 348 cm³/mol. The van der Waals surface area contributed by atoms with Gasteiger partial charge in [-0.3, -0.25) is 28.8 Å². The van der Waals surface area contributed by atoms with Gasteiger partial charge in [0, 0.05) is 25.2 Å². The van der Waals surface area contributed by atoms with Crippen LogP contribution in [0.15, 0.2) is 0 Å². The van der Waals surface area contributed by atoms with Gasteiger partial charge in [0.05, 0.1) is 18.4 Å². The fourth-order valence-electron chi connectivity index (χ4n) is 16.3. The van der Waals surface area contributed by atoms with Gasteiger partial charge >= 0.3 is 29.8 Å². The zero-order valence-electron chi connectivity index (χ0n) is 56.7. The average Bonchev–Trinajstić information content (AvgIpc) is 2.50. The van der Waals surface area contributed by atoms with Crippen LogP contribution in [0.1, 0.15) is 357 Å². The number of carbonyl (C=O) groups excluding carboxylic acids is 6. The first kappa shape index (κ1) is 75.5. The lowest BCUT2D eigenvalue weighted by Crippen LogP contribution is -2.54. The summed E-state index contributed by atoms with van der Waals surface area (Å²) in [5, 5.41) is 0. The van der Waals surface area contributed by atoms with Gasteiger partial charge in [-0.15, -0.1) is 0 Å². The van der Waals surface area contributed by atoms with E-state index in [2.05, 4.69) is 27.7 Å². The van der Waals surface area contributed by atoms with Crippen LogP contribution in [0.3, 0.4) is 0 Å². The molecule has 4 fully saturated rings. The average molecular weight is 1210 g/mol. The van der Waals surface area contributed by atoms with Gasteiger partial charge in [-0.05, 0) is 138 Å². The normalized spacial score (nSPS) is 24.0. The minimum Gasteiger partial charge on any atom is -0.465 e. The number of ketones is 1. The molecule has 4 aliphatic rings. The second kappa shape index (κ2) is 44.5. The number of hydrogen-bond donors (Lipinski definition) is 0. The molecule has 0 heterocycles. The molecule has 0 amide bonds. The highest BCUT2D eigenvalue weighted by molar-refractivity contribution is 5.79. The van der Waals surface area contributed by atoms with E-state index in [9.17, 15) is 28.8 Å². The first-order valence-electron chi connectivity index (χ1n) is 37.0. The van der Waals surface area contributed by atoms with Crippen molar-refractivity contribution < 1.29 is 52.5 Å². The Bertz CT molecular complexity index is 1820. The third kappa shape index (κ3) is 28.9. The first-order chi connectivity index (χ1) is 41.6. The Balaban J connectivity index is 1.02. The zero-order chi connectivity index (χ0) is 62.3. The van der Waals surface area contributed by atoms with Crippen molar-refractivity contribution in [2.24, 2.45) is 52.3 Å². The van der Waals surface area contributed by atoms with Crippen LogP contribution in [0.5, 0.6) is 0 Å². The highest BCUT2D eigenvalue weighted by Crippen LogP contribution is 2.67. The maximum absolute atomic E-state index is 13.3. The van der Waals surface area contributed by atoms with E-state index in [-0.39, 0.29) is 72.3 Å². The van der Waals surface area contributed by atoms with Gasteiger partial charge in [0.2, 0.25) is 0 Å². The number of Topliss-reactive ketones (excluding diaryl/α,β-unsaturated/α-hetero) is 1. The molecule has 0 radical (unpaired) electrons. The molecule has 0 bridgehead atoms. The van der Waals surface area contributed by atoms with E-state index in [1.807, 2.05) is 20.8 Å². The Morgan fingerprint density at radius 3 is 1.34 bits per heavy atom. The predicted octanol–water partition coefficient (Wildman–Crippen LogP) is 20.2. The minimum atomic E-state index is -0.840. The number of hydrogen-bond acceptors (Lipinski definition) is 11. The maximum Gasteiger partial charge on any atom is 0.309 e. The summed E-state index contributed by atoms with van der Waals surface area (Å²) in [6, 6.07) is 0. The van der Waals surface area contributed by atoms with E-state index in [0.29, 0.717) is 68.2 Å². The summed E-state index contributed by atoms with van der Waals surface area (Å²) in [7, 11) is 0. The maximum atomic E-state index is 13.3. The molecular weight excluding hydrogens is 1080 g/mol. The molecule has 4 aliphatic carbocycles. The Labute approximate surface area is 526 Å². The number of fused-ring (bicyclic) bond motifs is 5. The van der Waals surface area contributed by atoms with Crippen molar-refractivity contribution in [1.29, 1.82) is 0 Å². The molecule has 4 saturated carbocycles. The van der Waals surface area contributed by atoms with Crippen molar-refractivity contribution in [3.05, 3.63) is 0 Å². The van der Waals surface area contributed by atoms with E-state index < -0.39 is 6.10 Å². The van der Waals surface area contributed by atoms with Crippen LogP contribution in [0.4, 0.5) is 0 Å². The van der Waals surface area contributed by atoms with Gasteiger partial charge in [0.25, 0.3) is 0 Å². The number of carbonyl (C=O) groups is 6.